The van der Waals surface area contributed by atoms with E-state index >= 15 is 0 Å². The fraction of sp³-hybridized carbons (Fsp3) is 0. The van der Waals surface area contributed by atoms with Crippen LogP contribution in [0.25, 0.3) is 44.3 Å². The van der Waals surface area contributed by atoms with E-state index in [1.807, 2.05) is 66.7 Å². The van der Waals surface area contributed by atoms with E-state index < -0.39 is 0 Å². The van der Waals surface area contributed by atoms with Gasteiger partial charge in [0, 0.05) is 5.56 Å². The van der Waals surface area contributed by atoms with Gasteiger partial charge >= 0.3 is 0 Å². The first-order valence-corrected chi connectivity index (χ1v) is 7.40. The van der Waals surface area contributed by atoms with Crippen LogP contribution in [-0.4, -0.2) is 15.1 Å². The molecule has 0 unspecified atom stereocenters. The van der Waals surface area contributed by atoms with Crippen molar-refractivity contribution in [2.75, 3.05) is 0 Å². The van der Waals surface area contributed by atoms with E-state index in [-0.39, 0.29) is 0 Å². The van der Waals surface area contributed by atoms with Gasteiger partial charge in [0.05, 0.1) is 21.9 Å². The molecule has 0 amide bonds. The molecule has 0 aliphatic rings. The highest BCUT2D eigenvalue weighted by molar-refractivity contribution is 6.10. The van der Waals surface area contributed by atoms with Crippen molar-refractivity contribution in [2.24, 2.45) is 0 Å². The predicted molar refractivity (Wildman–Crippen MR) is 90.0 cm³/mol. The van der Waals surface area contributed by atoms with Gasteiger partial charge in [-0.05, 0) is 24.3 Å². The van der Waals surface area contributed by atoms with Crippen LogP contribution >= 0.6 is 0 Å². The molecule has 0 bridgehead atoms. The van der Waals surface area contributed by atoms with Gasteiger partial charge in [0.15, 0.2) is 5.76 Å². The largest absolute Gasteiger partial charge is 0.355 e. The van der Waals surface area contributed by atoms with Crippen molar-refractivity contribution >= 4 is 33.0 Å². The average Bonchev–Trinajstić information content (AvgIpc) is 3.05. The van der Waals surface area contributed by atoms with E-state index in [0.717, 1.165) is 44.3 Å². The molecule has 3 aromatic carbocycles. The topological polar surface area (TPSA) is 51.8 Å². The molecular weight excluding hydrogens is 286 g/mol. The first-order chi connectivity index (χ1) is 11.4. The highest BCUT2D eigenvalue weighted by Gasteiger charge is 2.15. The highest BCUT2D eigenvalue weighted by Crippen LogP contribution is 2.33. The van der Waals surface area contributed by atoms with Crippen LogP contribution in [0.4, 0.5) is 0 Å². The summed E-state index contributed by atoms with van der Waals surface area (Å²) in [5, 5.41) is 5.09. The number of hydrogen-bond donors (Lipinski definition) is 0. The lowest BCUT2D eigenvalue weighted by molar-refractivity contribution is 0.441. The SMILES string of the molecule is c1ccc(-c2onc3ccc4nc5ccccc5nc4c23)cc1. The number of hydrogen-bond acceptors (Lipinski definition) is 4. The van der Waals surface area contributed by atoms with E-state index in [2.05, 4.69) is 5.16 Å². The Bertz CT molecular complexity index is 1160. The molecule has 2 heterocycles. The summed E-state index contributed by atoms with van der Waals surface area (Å²) in [6.45, 7) is 0. The lowest BCUT2D eigenvalue weighted by atomic mass is 10.1. The van der Waals surface area contributed by atoms with Gasteiger partial charge in [-0.25, -0.2) is 9.97 Å². The quantitative estimate of drug-likeness (QED) is 0.425. The zero-order valence-corrected chi connectivity index (χ0v) is 12.1. The average molecular weight is 297 g/mol. The maximum Gasteiger partial charge on any atom is 0.176 e. The van der Waals surface area contributed by atoms with E-state index in [1.54, 1.807) is 0 Å². The molecule has 0 N–H and O–H groups in total. The lowest BCUT2D eigenvalue weighted by Gasteiger charge is -2.02. The fourth-order valence-corrected chi connectivity index (χ4v) is 2.90. The molecule has 23 heavy (non-hydrogen) atoms. The maximum absolute atomic E-state index is 5.60. The van der Waals surface area contributed by atoms with Crippen molar-refractivity contribution in [3.63, 3.8) is 0 Å². The molecule has 5 rings (SSSR count). The molecule has 0 aliphatic carbocycles. The van der Waals surface area contributed by atoms with Crippen LogP contribution in [0.5, 0.6) is 0 Å². The number of benzene rings is 3. The van der Waals surface area contributed by atoms with E-state index in [9.17, 15) is 0 Å². The van der Waals surface area contributed by atoms with Crippen molar-refractivity contribution in [1.82, 2.24) is 15.1 Å². The second-order valence-electron chi connectivity index (χ2n) is 5.42. The van der Waals surface area contributed by atoms with Crippen molar-refractivity contribution in [2.45, 2.75) is 0 Å². The van der Waals surface area contributed by atoms with Crippen LogP contribution < -0.4 is 0 Å². The summed E-state index contributed by atoms with van der Waals surface area (Å²) in [4.78, 5) is 9.51. The molecule has 0 saturated carbocycles. The normalized spacial score (nSPS) is 11.5. The third-order valence-electron chi connectivity index (χ3n) is 3.99. The Kier molecular flexibility index (Phi) is 2.46. The second kappa shape index (κ2) is 4.61. The van der Waals surface area contributed by atoms with Gasteiger partial charge in [-0.1, -0.05) is 47.6 Å². The minimum atomic E-state index is 0.732. The van der Waals surface area contributed by atoms with Crippen molar-refractivity contribution in [3.8, 4) is 11.3 Å². The van der Waals surface area contributed by atoms with Gasteiger partial charge in [-0.2, -0.15) is 0 Å². The van der Waals surface area contributed by atoms with Gasteiger partial charge in [-0.15, -0.1) is 0 Å². The Hall–Kier alpha value is -3.27. The van der Waals surface area contributed by atoms with E-state index in [4.69, 9.17) is 14.5 Å². The first-order valence-electron chi connectivity index (χ1n) is 7.40. The molecule has 0 spiro atoms. The van der Waals surface area contributed by atoms with E-state index in [0.29, 0.717) is 0 Å². The highest BCUT2D eigenvalue weighted by atomic mass is 16.5. The standard InChI is InChI=1S/C19H11N3O/c1-2-6-12(7-3-1)19-17-15(22-23-19)10-11-16-18(17)21-14-9-5-4-8-13(14)20-16/h1-11H. The summed E-state index contributed by atoms with van der Waals surface area (Å²) in [6.07, 6.45) is 0. The third kappa shape index (κ3) is 1.82. The molecule has 0 radical (unpaired) electrons. The van der Waals surface area contributed by atoms with Crippen LogP contribution in [-0.2, 0) is 0 Å². The minimum absolute atomic E-state index is 0.732. The molecule has 0 fully saturated rings. The second-order valence-corrected chi connectivity index (χ2v) is 5.42. The number of aromatic nitrogens is 3. The van der Waals surface area contributed by atoms with Gasteiger partial charge in [-0.3, -0.25) is 0 Å². The molecule has 2 aromatic heterocycles. The molecular formula is C19H11N3O. The van der Waals surface area contributed by atoms with Gasteiger partial charge < -0.3 is 4.52 Å². The number of para-hydroxylation sites is 2. The predicted octanol–water partition coefficient (Wildman–Crippen LogP) is 4.59. The van der Waals surface area contributed by atoms with Crippen molar-refractivity contribution in [3.05, 3.63) is 66.7 Å². The summed E-state index contributed by atoms with van der Waals surface area (Å²) in [7, 11) is 0. The number of fused-ring (bicyclic) bond motifs is 4. The van der Waals surface area contributed by atoms with Gasteiger partial charge in [0.1, 0.15) is 11.0 Å². The van der Waals surface area contributed by atoms with E-state index in [1.165, 1.54) is 0 Å². The number of rotatable bonds is 1. The minimum Gasteiger partial charge on any atom is -0.355 e. The van der Waals surface area contributed by atoms with Crippen molar-refractivity contribution in [1.29, 1.82) is 0 Å². The summed E-state index contributed by atoms with van der Waals surface area (Å²) < 4.78 is 5.60. The molecule has 0 saturated heterocycles. The third-order valence-corrected chi connectivity index (χ3v) is 3.99. The monoisotopic (exact) mass is 297 g/mol. The van der Waals surface area contributed by atoms with Crippen LogP contribution in [0, 0.1) is 0 Å². The van der Waals surface area contributed by atoms with Crippen LogP contribution in [0.3, 0.4) is 0 Å². The molecule has 4 heteroatoms. The Morgan fingerprint density at radius 3 is 2.13 bits per heavy atom. The summed E-state index contributed by atoms with van der Waals surface area (Å²) in [6, 6.07) is 21.7. The van der Waals surface area contributed by atoms with Crippen molar-refractivity contribution < 1.29 is 4.52 Å². The summed E-state index contributed by atoms with van der Waals surface area (Å²) in [5.41, 5.74) is 5.20. The molecule has 108 valence electrons. The summed E-state index contributed by atoms with van der Waals surface area (Å²) in [5.74, 6) is 0.732. The Morgan fingerprint density at radius 2 is 1.30 bits per heavy atom. The van der Waals surface area contributed by atoms with Crippen LogP contribution in [0.2, 0.25) is 0 Å². The zero-order chi connectivity index (χ0) is 15.2. The smallest absolute Gasteiger partial charge is 0.176 e. The van der Waals surface area contributed by atoms with Gasteiger partial charge in [0.25, 0.3) is 0 Å². The van der Waals surface area contributed by atoms with Gasteiger partial charge in [0.2, 0.25) is 0 Å². The molecule has 0 atom stereocenters. The zero-order valence-electron chi connectivity index (χ0n) is 12.1. The molecule has 0 aliphatic heterocycles. The Balaban J connectivity index is 1.94. The van der Waals surface area contributed by atoms with Crippen LogP contribution in [0.1, 0.15) is 0 Å². The number of nitrogens with zero attached hydrogens (tertiary/aromatic N) is 3. The molecule has 4 nitrogen and oxygen atoms in total. The molecule has 5 aromatic rings. The lowest BCUT2D eigenvalue weighted by Crippen LogP contribution is -1.88. The summed E-state index contributed by atoms with van der Waals surface area (Å²) >= 11 is 0. The first kappa shape index (κ1) is 12.3. The Labute approximate surface area is 131 Å². The maximum atomic E-state index is 5.60. The fourth-order valence-electron chi connectivity index (χ4n) is 2.90. The Morgan fingerprint density at radius 1 is 0.609 bits per heavy atom. The van der Waals surface area contributed by atoms with Crippen LogP contribution in [0.15, 0.2) is 71.3 Å².